The van der Waals surface area contributed by atoms with E-state index in [1.54, 1.807) is 4.90 Å². The molecule has 0 aromatic heterocycles. The number of benzene rings is 2. The van der Waals surface area contributed by atoms with Crippen molar-refractivity contribution < 1.29 is 4.79 Å². The molecule has 2 N–H and O–H groups in total. The summed E-state index contributed by atoms with van der Waals surface area (Å²) in [7, 11) is 0. The lowest BCUT2D eigenvalue weighted by Crippen LogP contribution is -2.30. The van der Waals surface area contributed by atoms with Gasteiger partial charge in [0, 0.05) is 30.0 Å². The monoisotopic (exact) mass is 341 g/mol. The van der Waals surface area contributed by atoms with Gasteiger partial charge in [-0.3, -0.25) is 4.79 Å². The van der Waals surface area contributed by atoms with E-state index in [0.717, 1.165) is 11.4 Å². The first-order valence-electron chi connectivity index (χ1n) is 8.07. The number of carbonyl (C=O) groups excluding carboxylic acids is 1. The van der Waals surface area contributed by atoms with Crippen molar-refractivity contribution in [1.29, 1.82) is 0 Å². The van der Waals surface area contributed by atoms with Crippen LogP contribution in [0.15, 0.2) is 48.5 Å². The third-order valence-corrected chi connectivity index (χ3v) is 3.92. The molecule has 2 aromatic carbocycles. The van der Waals surface area contributed by atoms with E-state index in [1.165, 1.54) is 5.56 Å². The van der Waals surface area contributed by atoms with Crippen LogP contribution in [0.25, 0.3) is 0 Å². The zero-order valence-corrected chi connectivity index (χ0v) is 15.1. The summed E-state index contributed by atoms with van der Waals surface area (Å²) in [5, 5.41) is 6.80. The van der Waals surface area contributed by atoms with Gasteiger partial charge in [-0.2, -0.15) is 0 Å². The number of anilines is 2. The molecule has 5 heteroatoms. The number of carbonyl (C=O) groups is 1. The molecule has 0 atom stereocenters. The van der Waals surface area contributed by atoms with Crippen LogP contribution in [0.2, 0.25) is 0 Å². The largest absolute Gasteiger partial charge is 0.339 e. The Balaban J connectivity index is 1.98. The lowest BCUT2D eigenvalue weighted by Gasteiger charge is -2.18. The predicted octanol–water partition coefficient (Wildman–Crippen LogP) is 4.29. The van der Waals surface area contributed by atoms with Crippen LogP contribution in [-0.2, 0) is 0 Å². The van der Waals surface area contributed by atoms with E-state index in [2.05, 4.69) is 10.6 Å². The van der Waals surface area contributed by atoms with Gasteiger partial charge in [-0.05, 0) is 75.0 Å². The molecule has 2 rings (SSSR count). The summed E-state index contributed by atoms with van der Waals surface area (Å²) in [5.41, 5.74) is 3.64. The molecule has 24 heavy (non-hydrogen) atoms. The average molecular weight is 341 g/mol. The van der Waals surface area contributed by atoms with Gasteiger partial charge in [0.2, 0.25) is 0 Å². The maximum atomic E-state index is 12.3. The van der Waals surface area contributed by atoms with E-state index < -0.39 is 0 Å². The van der Waals surface area contributed by atoms with Crippen LogP contribution < -0.4 is 10.6 Å². The van der Waals surface area contributed by atoms with Gasteiger partial charge in [0.25, 0.3) is 5.91 Å². The minimum absolute atomic E-state index is 0.0482. The van der Waals surface area contributed by atoms with Gasteiger partial charge in [0.15, 0.2) is 5.11 Å². The Morgan fingerprint density at radius 1 is 1.00 bits per heavy atom. The average Bonchev–Trinajstić information content (AvgIpc) is 2.56. The van der Waals surface area contributed by atoms with Crippen LogP contribution in [0.3, 0.4) is 0 Å². The number of nitrogens with one attached hydrogen (secondary N) is 2. The van der Waals surface area contributed by atoms with Gasteiger partial charge in [-0.1, -0.05) is 12.1 Å². The molecule has 0 fully saturated rings. The molecule has 0 aliphatic heterocycles. The molecule has 0 spiro atoms. The fourth-order valence-corrected chi connectivity index (χ4v) is 2.64. The topological polar surface area (TPSA) is 44.4 Å². The summed E-state index contributed by atoms with van der Waals surface area (Å²) >= 11 is 5.33. The molecule has 126 valence electrons. The van der Waals surface area contributed by atoms with Gasteiger partial charge < -0.3 is 15.5 Å². The molecule has 0 aliphatic carbocycles. The summed E-state index contributed by atoms with van der Waals surface area (Å²) in [6.07, 6.45) is 0. The van der Waals surface area contributed by atoms with Crippen LogP contribution >= 0.6 is 12.2 Å². The molecule has 0 radical (unpaired) electrons. The van der Waals surface area contributed by atoms with Gasteiger partial charge in [0.1, 0.15) is 0 Å². The Morgan fingerprint density at radius 2 is 1.62 bits per heavy atom. The Kier molecular flexibility index (Phi) is 6.32. The van der Waals surface area contributed by atoms with Crippen LogP contribution in [0.4, 0.5) is 11.4 Å². The highest BCUT2D eigenvalue weighted by molar-refractivity contribution is 7.80. The third kappa shape index (κ3) is 4.80. The lowest BCUT2D eigenvalue weighted by molar-refractivity contribution is 0.0773. The number of thiocarbonyl (C=S) groups is 1. The molecule has 0 heterocycles. The first kappa shape index (κ1) is 17.9. The summed E-state index contributed by atoms with van der Waals surface area (Å²) in [4.78, 5) is 14.1. The minimum atomic E-state index is 0.0482. The Hall–Kier alpha value is -2.40. The number of hydrogen-bond acceptors (Lipinski definition) is 2. The lowest BCUT2D eigenvalue weighted by atomic mass is 10.2. The first-order valence-corrected chi connectivity index (χ1v) is 8.48. The SMILES string of the molecule is CCN(CC)C(=O)c1ccc(NC(=S)Nc2cccc(C)c2)cc1. The highest BCUT2D eigenvalue weighted by Crippen LogP contribution is 2.14. The fraction of sp³-hybridized carbons (Fsp3) is 0.263. The molecular formula is C19H23N3OS. The van der Waals surface area contributed by atoms with E-state index in [1.807, 2.05) is 69.3 Å². The number of rotatable bonds is 5. The van der Waals surface area contributed by atoms with Crippen LogP contribution in [-0.4, -0.2) is 29.0 Å². The van der Waals surface area contributed by atoms with Crippen LogP contribution in [0.5, 0.6) is 0 Å². The van der Waals surface area contributed by atoms with Crippen molar-refractivity contribution in [2.75, 3.05) is 23.7 Å². The second-order valence-corrected chi connectivity index (χ2v) is 5.91. The molecule has 0 unspecified atom stereocenters. The van der Waals surface area contributed by atoms with E-state index in [0.29, 0.717) is 23.8 Å². The van der Waals surface area contributed by atoms with E-state index >= 15 is 0 Å². The first-order chi connectivity index (χ1) is 11.5. The Morgan fingerprint density at radius 3 is 2.21 bits per heavy atom. The minimum Gasteiger partial charge on any atom is -0.339 e. The number of nitrogens with zero attached hydrogens (tertiary/aromatic N) is 1. The summed E-state index contributed by atoms with van der Waals surface area (Å²) < 4.78 is 0. The maximum Gasteiger partial charge on any atom is 0.253 e. The molecule has 4 nitrogen and oxygen atoms in total. The van der Waals surface area contributed by atoms with Crippen molar-refractivity contribution in [3.05, 3.63) is 59.7 Å². The van der Waals surface area contributed by atoms with Crippen molar-refractivity contribution in [1.82, 2.24) is 4.90 Å². The summed E-state index contributed by atoms with van der Waals surface area (Å²) in [6.45, 7) is 7.41. The molecule has 0 saturated heterocycles. The molecule has 1 amide bonds. The third-order valence-electron chi connectivity index (χ3n) is 3.72. The Bertz CT molecular complexity index is 709. The zero-order valence-electron chi connectivity index (χ0n) is 14.3. The quantitative estimate of drug-likeness (QED) is 0.797. The molecule has 0 saturated carbocycles. The zero-order chi connectivity index (χ0) is 17.5. The molecular weight excluding hydrogens is 318 g/mol. The van der Waals surface area contributed by atoms with Gasteiger partial charge in [-0.15, -0.1) is 0 Å². The number of hydrogen-bond donors (Lipinski definition) is 2. The smallest absolute Gasteiger partial charge is 0.253 e. The standard InChI is InChI=1S/C19H23N3OS/c1-4-22(5-2)18(23)15-9-11-16(12-10-15)20-19(24)21-17-8-6-7-14(3)13-17/h6-13H,4-5H2,1-3H3,(H2,20,21,24). The maximum absolute atomic E-state index is 12.3. The molecule has 0 aliphatic rings. The van der Waals surface area contributed by atoms with Gasteiger partial charge in [0.05, 0.1) is 0 Å². The van der Waals surface area contributed by atoms with E-state index in [4.69, 9.17) is 12.2 Å². The molecule has 2 aromatic rings. The Labute approximate surface area is 148 Å². The summed E-state index contributed by atoms with van der Waals surface area (Å²) in [5.74, 6) is 0.0482. The molecule has 0 bridgehead atoms. The van der Waals surface area contributed by atoms with Crippen molar-refractivity contribution in [2.45, 2.75) is 20.8 Å². The van der Waals surface area contributed by atoms with Crippen molar-refractivity contribution in [3.63, 3.8) is 0 Å². The van der Waals surface area contributed by atoms with Gasteiger partial charge in [-0.25, -0.2) is 0 Å². The highest BCUT2D eigenvalue weighted by Gasteiger charge is 2.12. The predicted molar refractivity (Wildman–Crippen MR) is 105 cm³/mol. The van der Waals surface area contributed by atoms with Gasteiger partial charge >= 0.3 is 0 Å². The second-order valence-electron chi connectivity index (χ2n) is 5.50. The second kappa shape index (κ2) is 8.45. The highest BCUT2D eigenvalue weighted by atomic mass is 32.1. The number of amides is 1. The number of aryl methyl sites for hydroxylation is 1. The van der Waals surface area contributed by atoms with E-state index in [-0.39, 0.29) is 5.91 Å². The van der Waals surface area contributed by atoms with Crippen molar-refractivity contribution in [2.24, 2.45) is 0 Å². The normalized spacial score (nSPS) is 10.1. The fourth-order valence-electron chi connectivity index (χ4n) is 2.41. The van der Waals surface area contributed by atoms with Crippen LogP contribution in [0.1, 0.15) is 29.8 Å². The van der Waals surface area contributed by atoms with Crippen molar-refractivity contribution in [3.8, 4) is 0 Å². The van der Waals surface area contributed by atoms with Crippen LogP contribution in [0, 0.1) is 6.92 Å². The van der Waals surface area contributed by atoms with Crippen molar-refractivity contribution >= 4 is 34.6 Å². The summed E-state index contributed by atoms with van der Waals surface area (Å²) in [6, 6.07) is 15.4. The van der Waals surface area contributed by atoms with E-state index in [9.17, 15) is 4.79 Å².